The van der Waals surface area contributed by atoms with Crippen molar-refractivity contribution in [3.63, 3.8) is 0 Å². The Morgan fingerprint density at radius 2 is 2.06 bits per heavy atom. The minimum atomic E-state index is -0.542. The second-order valence-corrected chi connectivity index (χ2v) is 9.05. The topological polar surface area (TPSA) is 94.2 Å². The molecule has 0 bridgehead atoms. The molecule has 0 radical (unpaired) electrons. The summed E-state index contributed by atoms with van der Waals surface area (Å²) in [5.74, 6) is -0.409. The van der Waals surface area contributed by atoms with Crippen LogP contribution in [-0.2, 0) is 9.53 Å². The van der Waals surface area contributed by atoms with Crippen LogP contribution in [0.4, 0.5) is 9.59 Å². The predicted molar refractivity (Wildman–Crippen MR) is 128 cm³/mol. The highest BCUT2D eigenvalue weighted by Gasteiger charge is 2.39. The van der Waals surface area contributed by atoms with E-state index in [1.807, 2.05) is 42.5 Å². The van der Waals surface area contributed by atoms with Crippen LogP contribution in [-0.4, -0.2) is 84.6 Å². The van der Waals surface area contributed by atoms with Crippen molar-refractivity contribution < 1.29 is 19.1 Å². The van der Waals surface area contributed by atoms with Gasteiger partial charge in [0.1, 0.15) is 0 Å². The predicted octanol–water partition coefficient (Wildman–Crippen LogP) is 2.78. The van der Waals surface area contributed by atoms with Crippen LogP contribution >= 0.6 is 11.3 Å². The Morgan fingerprint density at radius 1 is 1.27 bits per heavy atom. The number of likely N-dealkylation sites (N-methyl/N-ethyl adjacent to an activating group) is 1. The molecule has 182 valence electrons. The largest absolute Gasteiger partial charge is 0.463 e. The lowest BCUT2D eigenvalue weighted by Gasteiger charge is -2.42. The van der Waals surface area contributed by atoms with Gasteiger partial charge in [0.15, 0.2) is 0 Å². The first-order chi connectivity index (χ1) is 15.9. The standard InChI is InChI=1S/C23H35N5O4S/c1-5-9-24-22(30)28-11-10-26(13-16(28)4)14-18-19(21(29)32-7-3)20(17-8-12-33-15-17)25-23(31)27(18)6-2/h8,12,15-16,20H,5-7,9-11,13-14H2,1-4H3,(H,24,30)(H,25,31)/t16-,20-/m0/s1. The van der Waals surface area contributed by atoms with Crippen LogP contribution in [0.15, 0.2) is 28.1 Å². The molecule has 2 aliphatic rings. The molecule has 0 spiro atoms. The maximum atomic E-state index is 13.1. The molecule has 1 fully saturated rings. The first kappa shape index (κ1) is 25.0. The van der Waals surface area contributed by atoms with E-state index in [0.717, 1.165) is 12.0 Å². The molecule has 1 aromatic rings. The SMILES string of the molecule is CCCNC(=O)N1CCN(CC2=C(C(=O)OCC)[C@H](c3ccsc3)NC(=O)N2CC)C[C@@H]1C. The molecule has 10 heteroatoms. The molecular formula is C23H35N5O4S. The second kappa shape index (κ2) is 11.5. The van der Waals surface area contributed by atoms with Crippen LogP contribution < -0.4 is 10.6 Å². The number of amides is 4. The summed E-state index contributed by atoms with van der Waals surface area (Å²) >= 11 is 1.52. The Balaban J connectivity index is 1.88. The molecule has 9 nitrogen and oxygen atoms in total. The highest BCUT2D eigenvalue weighted by atomic mass is 32.1. The van der Waals surface area contributed by atoms with Crippen molar-refractivity contribution in [1.29, 1.82) is 0 Å². The van der Waals surface area contributed by atoms with Crippen LogP contribution in [0.1, 0.15) is 45.7 Å². The number of carbonyl (C=O) groups is 3. The molecule has 3 heterocycles. The zero-order chi connectivity index (χ0) is 24.0. The minimum absolute atomic E-state index is 0.0161. The van der Waals surface area contributed by atoms with E-state index < -0.39 is 12.0 Å². The zero-order valence-corrected chi connectivity index (χ0v) is 20.7. The van der Waals surface area contributed by atoms with Crippen molar-refractivity contribution in [2.45, 2.75) is 46.2 Å². The van der Waals surface area contributed by atoms with E-state index in [0.29, 0.717) is 50.5 Å². The van der Waals surface area contributed by atoms with Crippen molar-refractivity contribution in [1.82, 2.24) is 25.3 Å². The number of esters is 1. The monoisotopic (exact) mass is 477 g/mol. The lowest BCUT2D eigenvalue weighted by atomic mass is 9.96. The van der Waals surface area contributed by atoms with Gasteiger partial charge in [-0.1, -0.05) is 6.92 Å². The van der Waals surface area contributed by atoms with Gasteiger partial charge in [-0.2, -0.15) is 11.3 Å². The first-order valence-electron chi connectivity index (χ1n) is 11.7. The molecule has 0 aliphatic carbocycles. The number of piperazine rings is 1. The van der Waals surface area contributed by atoms with E-state index in [1.54, 1.807) is 11.8 Å². The molecule has 0 saturated carbocycles. The summed E-state index contributed by atoms with van der Waals surface area (Å²) in [6.07, 6.45) is 0.894. The van der Waals surface area contributed by atoms with Crippen LogP contribution in [0, 0.1) is 0 Å². The number of rotatable bonds is 8. The van der Waals surface area contributed by atoms with Gasteiger partial charge >= 0.3 is 18.0 Å². The van der Waals surface area contributed by atoms with E-state index in [4.69, 9.17) is 4.74 Å². The smallest absolute Gasteiger partial charge is 0.338 e. The maximum Gasteiger partial charge on any atom is 0.338 e. The number of hydrogen-bond acceptors (Lipinski definition) is 6. The quantitative estimate of drug-likeness (QED) is 0.562. The number of carbonyl (C=O) groups excluding carboxylic acids is 3. The summed E-state index contributed by atoms with van der Waals surface area (Å²) in [6, 6.07) is 1.13. The van der Waals surface area contributed by atoms with Gasteiger partial charge in [0.05, 0.1) is 18.2 Å². The summed E-state index contributed by atoms with van der Waals surface area (Å²) in [6.45, 7) is 11.4. The molecule has 3 rings (SSSR count). The summed E-state index contributed by atoms with van der Waals surface area (Å²) in [5, 5.41) is 9.80. The van der Waals surface area contributed by atoms with Crippen LogP contribution in [0.2, 0.25) is 0 Å². The van der Waals surface area contributed by atoms with Gasteiger partial charge in [0.2, 0.25) is 0 Å². The average Bonchev–Trinajstić information content (AvgIpc) is 3.32. The van der Waals surface area contributed by atoms with Gasteiger partial charge in [0, 0.05) is 51.0 Å². The number of nitrogens with one attached hydrogen (secondary N) is 2. The van der Waals surface area contributed by atoms with E-state index >= 15 is 0 Å². The molecular weight excluding hydrogens is 442 g/mol. The fourth-order valence-corrected chi connectivity index (χ4v) is 5.06. The van der Waals surface area contributed by atoms with Gasteiger partial charge in [-0.05, 0) is 49.6 Å². The van der Waals surface area contributed by atoms with E-state index in [-0.39, 0.29) is 24.7 Å². The van der Waals surface area contributed by atoms with Gasteiger partial charge in [-0.15, -0.1) is 0 Å². The van der Waals surface area contributed by atoms with Gasteiger partial charge < -0.3 is 20.3 Å². The lowest BCUT2D eigenvalue weighted by molar-refractivity contribution is -0.139. The zero-order valence-electron chi connectivity index (χ0n) is 19.9. The third-order valence-electron chi connectivity index (χ3n) is 6.00. The summed E-state index contributed by atoms with van der Waals surface area (Å²) in [4.78, 5) is 44.2. The van der Waals surface area contributed by atoms with Gasteiger partial charge in [-0.25, -0.2) is 14.4 Å². The van der Waals surface area contributed by atoms with Crippen molar-refractivity contribution in [3.05, 3.63) is 33.7 Å². The lowest BCUT2D eigenvalue weighted by Crippen LogP contribution is -2.58. The molecule has 0 unspecified atom stereocenters. The van der Waals surface area contributed by atoms with Gasteiger partial charge in [0.25, 0.3) is 0 Å². The molecule has 4 amide bonds. The minimum Gasteiger partial charge on any atom is -0.463 e. The molecule has 33 heavy (non-hydrogen) atoms. The normalized spacial score (nSPS) is 21.8. The number of ether oxygens (including phenoxy) is 1. The van der Waals surface area contributed by atoms with E-state index in [2.05, 4.69) is 15.5 Å². The summed E-state index contributed by atoms with van der Waals surface area (Å²) in [7, 11) is 0. The Kier molecular flexibility index (Phi) is 8.74. The van der Waals surface area contributed by atoms with E-state index in [1.165, 1.54) is 11.3 Å². The third-order valence-corrected chi connectivity index (χ3v) is 6.70. The Labute approximate surface area is 199 Å². The van der Waals surface area contributed by atoms with Crippen molar-refractivity contribution >= 4 is 29.4 Å². The highest BCUT2D eigenvalue weighted by Crippen LogP contribution is 2.33. The van der Waals surface area contributed by atoms with Crippen LogP contribution in [0.5, 0.6) is 0 Å². The number of urea groups is 2. The summed E-state index contributed by atoms with van der Waals surface area (Å²) in [5.41, 5.74) is 2.02. The fourth-order valence-electron chi connectivity index (χ4n) is 4.37. The average molecular weight is 478 g/mol. The Bertz CT molecular complexity index is 872. The maximum absolute atomic E-state index is 13.1. The van der Waals surface area contributed by atoms with Gasteiger partial charge in [-0.3, -0.25) is 9.80 Å². The number of nitrogens with zero attached hydrogens (tertiary/aromatic N) is 3. The third kappa shape index (κ3) is 5.67. The molecule has 2 N–H and O–H groups in total. The first-order valence-corrected chi connectivity index (χ1v) is 12.6. The van der Waals surface area contributed by atoms with Crippen molar-refractivity contribution in [2.75, 3.05) is 45.9 Å². The Morgan fingerprint density at radius 3 is 2.67 bits per heavy atom. The second-order valence-electron chi connectivity index (χ2n) is 8.27. The molecule has 1 saturated heterocycles. The van der Waals surface area contributed by atoms with Crippen LogP contribution in [0.25, 0.3) is 0 Å². The fraction of sp³-hybridized carbons (Fsp3) is 0.609. The highest BCUT2D eigenvalue weighted by molar-refractivity contribution is 7.08. The Hall–Kier alpha value is -2.59. The van der Waals surface area contributed by atoms with Crippen LogP contribution in [0.3, 0.4) is 0 Å². The number of thiophene rings is 1. The number of hydrogen-bond donors (Lipinski definition) is 2. The van der Waals surface area contributed by atoms with E-state index in [9.17, 15) is 14.4 Å². The molecule has 2 aliphatic heterocycles. The van der Waals surface area contributed by atoms with Crippen molar-refractivity contribution in [3.8, 4) is 0 Å². The molecule has 0 aromatic carbocycles. The molecule has 1 aromatic heterocycles. The summed E-state index contributed by atoms with van der Waals surface area (Å²) < 4.78 is 5.41. The van der Waals surface area contributed by atoms with Crippen molar-refractivity contribution in [2.24, 2.45) is 0 Å². The molecule has 2 atom stereocenters.